The molecule has 0 saturated heterocycles. The van der Waals surface area contributed by atoms with Gasteiger partial charge in [-0.05, 0) is 30.5 Å². The van der Waals surface area contributed by atoms with Crippen LogP contribution in [0.3, 0.4) is 0 Å². The molecule has 0 aliphatic rings. The third kappa shape index (κ3) is 5.89. The molecule has 3 aromatic rings. The highest BCUT2D eigenvalue weighted by atomic mass is 16.5. The van der Waals surface area contributed by atoms with Gasteiger partial charge < -0.3 is 10.1 Å². The number of nitrogens with one attached hydrogen (secondary N) is 1. The topological polar surface area (TPSA) is 72.5 Å². The van der Waals surface area contributed by atoms with Gasteiger partial charge in [-0.2, -0.15) is 0 Å². The molecule has 0 radical (unpaired) electrons. The van der Waals surface area contributed by atoms with Gasteiger partial charge in [0.15, 0.2) is 11.9 Å². The van der Waals surface area contributed by atoms with E-state index in [4.69, 9.17) is 4.74 Å². The van der Waals surface area contributed by atoms with E-state index in [0.29, 0.717) is 17.7 Å². The molecule has 3 rings (SSSR count). The second-order valence-corrected chi connectivity index (χ2v) is 7.38. The summed E-state index contributed by atoms with van der Waals surface area (Å²) < 4.78 is 5.29. The number of rotatable bonds is 8. The highest BCUT2D eigenvalue weighted by Crippen LogP contribution is 2.14. The average molecular weight is 415 g/mol. The second kappa shape index (κ2) is 10.3. The SMILES string of the molecule is C[C@@H](OC(=O)c1ccc(C(=O)c2ccccc2)cc1)C(=O)NC[C@H](C)c1ccccc1. The molecule has 1 amide bonds. The first kappa shape index (κ1) is 22.0. The summed E-state index contributed by atoms with van der Waals surface area (Å²) in [5.74, 6) is -0.951. The van der Waals surface area contributed by atoms with E-state index in [2.05, 4.69) is 5.32 Å². The number of carbonyl (C=O) groups excluding carboxylic acids is 3. The van der Waals surface area contributed by atoms with Crippen LogP contribution >= 0.6 is 0 Å². The maximum atomic E-state index is 12.5. The maximum absolute atomic E-state index is 12.5. The molecular formula is C26H25NO4. The summed E-state index contributed by atoms with van der Waals surface area (Å²) in [5.41, 5.74) is 2.45. The minimum absolute atomic E-state index is 0.124. The van der Waals surface area contributed by atoms with Crippen molar-refractivity contribution < 1.29 is 19.1 Å². The van der Waals surface area contributed by atoms with Crippen molar-refractivity contribution in [2.24, 2.45) is 0 Å². The predicted molar refractivity (Wildman–Crippen MR) is 119 cm³/mol. The van der Waals surface area contributed by atoms with Crippen LogP contribution in [0.25, 0.3) is 0 Å². The largest absolute Gasteiger partial charge is 0.449 e. The Balaban J connectivity index is 1.53. The third-order valence-electron chi connectivity index (χ3n) is 5.02. The lowest BCUT2D eigenvalue weighted by Gasteiger charge is -2.16. The number of ketones is 1. The van der Waals surface area contributed by atoms with E-state index in [1.54, 1.807) is 36.4 Å². The van der Waals surface area contributed by atoms with Crippen molar-refractivity contribution in [2.45, 2.75) is 25.9 Å². The van der Waals surface area contributed by atoms with E-state index in [9.17, 15) is 14.4 Å². The number of esters is 1. The molecule has 5 nitrogen and oxygen atoms in total. The normalized spacial score (nSPS) is 12.5. The molecular weight excluding hydrogens is 390 g/mol. The van der Waals surface area contributed by atoms with Crippen molar-refractivity contribution in [2.75, 3.05) is 6.54 Å². The Hall–Kier alpha value is -3.73. The molecule has 0 aliphatic carbocycles. The Kier molecular flexibility index (Phi) is 7.33. The second-order valence-electron chi connectivity index (χ2n) is 7.38. The zero-order valence-electron chi connectivity index (χ0n) is 17.6. The number of amides is 1. The van der Waals surface area contributed by atoms with E-state index in [-0.39, 0.29) is 23.2 Å². The standard InChI is InChI=1S/C26H25NO4/c1-18(20-9-5-3-6-10-20)17-27-25(29)19(2)31-26(30)23-15-13-22(14-16-23)24(28)21-11-7-4-8-12-21/h3-16,18-19H,17H2,1-2H3,(H,27,29)/t18-,19+/m0/s1. The van der Waals surface area contributed by atoms with Crippen LogP contribution in [0.4, 0.5) is 0 Å². The molecule has 0 unspecified atom stereocenters. The van der Waals surface area contributed by atoms with Crippen molar-refractivity contribution in [1.82, 2.24) is 5.32 Å². The van der Waals surface area contributed by atoms with E-state index in [0.717, 1.165) is 5.56 Å². The van der Waals surface area contributed by atoms with Gasteiger partial charge in [0.05, 0.1) is 5.56 Å². The summed E-state index contributed by atoms with van der Waals surface area (Å²) in [6.45, 7) is 4.00. The minimum Gasteiger partial charge on any atom is -0.449 e. The number of ether oxygens (including phenoxy) is 1. The molecule has 0 bridgehead atoms. The van der Waals surface area contributed by atoms with Gasteiger partial charge >= 0.3 is 5.97 Å². The van der Waals surface area contributed by atoms with Gasteiger partial charge in [-0.3, -0.25) is 9.59 Å². The monoisotopic (exact) mass is 415 g/mol. The minimum atomic E-state index is -0.930. The van der Waals surface area contributed by atoms with E-state index in [1.165, 1.54) is 19.1 Å². The molecule has 5 heteroatoms. The zero-order valence-corrected chi connectivity index (χ0v) is 17.6. The summed E-state index contributed by atoms with van der Waals surface area (Å²) in [7, 11) is 0. The lowest BCUT2D eigenvalue weighted by Crippen LogP contribution is -2.37. The van der Waals surface area contributed by atoms with Crippen LogP contribution in [0.2, 0.25) is 0 Å². The van der Waals surface area contributed by atoms with Crippen LogP contribution in [-0.2, 0) is 9.53 Å². The van der Waals surface area contributed by atoms with E-state index in [1.807, 2.05) is 43.3 Å². The molecule has 0 aliphatic heterocycles. The van der Waals surface area contributed by atoms with Crippen LogP contribution in [0.5, 0.6) is 0 Å². The molecule has 1 N–H and O–H groups in total. The zero-order chi connectivity index (χ0) is 22.2. The molecule has 0 saturated carbocycles. The van der Waals surface area contributed by atoms with Crippen LogP contribution < -0.4 is 5.32 Å². The van der Waals surface area contributed by atoms with E-state index < -0.39 is 12.1 Å². The molecule has 0 spiro atoms. The highest BCUT2D eigenvalue weighted by Gasteiger charge is 2.20. The summed E-state index contributed by atoms with van der Waals surface area (Å²) >= 11 is 0. The number of benzene rings is 3. The average Bonchev–Trinajstić information content (AvgIpc) is 2.82. The number of hydrogen-bond acceptors (Lipinski definition) is 4. The fourth-order valence-electron chi connectivity index (χ4n) is 3.09. The Labute approximate surface area is 182 Å². The van der Waals surface area contributed by atoms with Crippen molar-refractivity contribution in [1.29, 1.82) is 0 Å². The van der Waals surface area contributed by atoms with Crippen molar-refractivity contribution in [3.63, 3.8) is 0 Å². The van der Waals surface area contributed by atoms with Crippen molar-refractivity contribution in [3.8, 4) is 0 Å². The Morgan fingerprint density at radius 2 is 1.26 bits per heavy atom. The highest BCUT2D eigenvalue weighted by molar-refractivity contribution is 6.09. The Morgan fingerprint density at radius 1 is 0.742 bits per heavy atom. The summed E-state index contributed by atoms with van der Waals surface area (Å²) in [5, 5.41) is 2.82. The maximum Gasteiger partial charge on any atom is 0.338 e. The summed E-state index contributed by atoms with van der Waals surface area (Å²) in [6, 6.07) is 25.0. The molecule has 3 aromatic carbocycles. The van der Waals surface area contributed by atoms with Gasteiger partial charge in [-0.15, -0.1) is 0 Å². The first-order valence-corrected chi connectivity index (χ1v) is 10.2. The van der Waals surface area contributed by atoms with Crippen LogP contribution in [0, 0.1) is 0 Å². The van der Waals surface area contributed by atoms with Gasteiger partial charge in [0.25, 0.3) is 5.91 Å². The Bertz CT molecular complexity index is 1030. The summed E-state index contributed by atoms with van der Waals surface area (Å²) in [6.07, 6.45) is -0.930. The smallest absolute Gasteiger partial charge is 0.338 e. The molecule has 2 atom stereocenters. The Morgan fingerprint density at radius 3 is 1.87 bits per heavy atom. The van der Waals surface area contributed by atoms with Crippen LogP contribution in [0.15, 0.2) is 84.9 Å². The fraction of sp³-hybridized carbons (Fsp3) is 0.192. The van der Waals surface area contributed by atoms with Gasteiger partial charge in [0.1, 0.15) is 0 Å². The molecule has 0 heterocycles. The lowest BCUT2D eigenvalue weighted by atomic mass is 10.0. The van der Waals surface area contributed by atoms with Gasteiger partial charge in [-0.1, -0.05) is 79.7 Å². The lowest BCUT2D eigenvalue weighted by molar-refractivity contribution is -0.129. The fourth-order valence-corrected chi connectivity index (χ4v) is 3.09. The number of carbonyl (C=O) groups is 3. The van der Waals surface area contributed by atoms with Crippen molar-refractivity contribution >= 4 is 17.7 Å². The first-order valence-electron chi connectivity index (χ1n) is 10.2. The van der Waals surface area contributed by atoms with Crippen LogP contribution in [-0.4, -0.2) is 30.3 Å². The van der Waals surface area contributed by atoms with Gasteiger partial charge in [0, 0.05) is 17.7 Å². The third-order valence-corrected chi connectivity index (χ3v) is 5.02. The molecule has 0 fully saturated rings. The van der Waals surface area contributed by atoms with Crippen LogP contribution in [0.1, 0.15) is 51.6 Å². The molecule has 31 heavy (non-hydrogen) atoms. The van der Waals surface area contributed by atoms with Crippen molar-refractivity contribution in [3.05, 3.63) is 107 Å². The van der Waals surface area contributed by atoms with Gasteiger partial charge in [-0.25, -0.2) is 4.79 Å². The predicted octanol–water partition coefficient (Wildman–Crippen LogP) is 4.38. The van der Waals surface area contributed by atoms with E-state index >= 15 is 0 Å². The quantitative estimate of drug-likeness (QED) is 0.438. The molecule has 0 aromatic heterocycles. The summed E-state index contributed by atoms with van der Waals surface area (Å²) in [4.78, 5) is 37.2. The number of hydrogen-bond donors (Lipinski definition) is 1. The first-order chi connectivity index (χ1) is 15.0. The van der Waals surface area contributed by atoms with Gasteiger partial charge in [0.2, 0.25) is 0 Å². The molecule has 158 valence electrons.